The minimum atomic E-state index is -0.455. The first-order valence-electron chi connectivity index (χ1n) is 9.61. The molecule has 1 heterocycles. The van der Waals surface area contributed by atoms with Crippen LogP contribution in [0.3, 0.4) is 0 Å². The summed E-state index contributed by atoms with van der Waals surface area (Å²) in [5.74, 6) is 0.190. The van der Waals surface area contributed by atoms with E-state index in [-0.39, 0.29) is 13.2 Å². The lowest BCUT2D eigenvalue weighted by atomic mass is 9.94. The Balaban J connectivity index is 2.03. The summed E-state index contributed by atoms with van der Waals surface area (Å²) in [4.78, 5) is 14.7. The van der Waals surface area contributed by atoms with Crippen molar-refractivity contribution >= 4 is 29.0 Å². The number of allylic oxidation sites excluding steroid dienone is 1. The van der Waals surface area contributed by atoms with Gasteiger partial charge in [0.1, 0.15) is 11.8 Å². The minimum Gasteiger partial charge on any atom is -0.479 e. The third kappa shape index (κ3) is 4.44. The van der Waals surface area contributed by atoms with Gasteiger partial charge in [0.15, 0.2) is 11.7 Å². The van der Waals surface area contributed by atoms with E-state index < -0.39 is 12.0 Å². The van der Waals surface area contributed by atoms with Crippen molar-refractivity contribution in [3.63, 3.8) is 0 Å². The standard InChI is InChI=1S/C23H23N3O3S/c1-4-28-22(27)20-16(3)26(18-9-5-15(2)6-10-18)23(30)25-21(20)17-7-11-19(12-8-17)29-14-13-24/h5-12,21H,4,14H2,1-3H3,(H,25,30)/t21-/m0/s1. The van der Waals surface area contributed by atoms with Crippen LogP contribution >= 0.6 is 12.2 Å². The number of carbonyl (C=O) groups is 1. The highest BCUT2D eigenvalue weighted by Gasteiger charge is 2.35. The number of benzene rings is 2. The maximum absolute atomic E-state index is 12.9. The number of anilines is 1. The van der Waals surface area contributed by atoms with Crippen LogP contribution in [0, 0.1) is 18.3 Å². The van der Waals surface area contributed by atoms with Gasteiger partial charge in [-0.05, 0) is 62.8 Å². The quantitative estimate of drug-likeness (QED) is 0.554. The van der Waals surface area contributed by atoms with E-state index in [1.807, 2.05) is 61.2 Å². The highest BCUT2D eigenvalue weighted by molar-refractivity contribution is 7.80. The number of ether oxygens (including phenoxy) is 2. The number of hydrogen-bond acceptors (Lipinski definition) is 5. The van der Waals surface area contributed by atoms with Crippen molar-refractivity contribution in [3.05, 3.63) is 70.9 Å². The van der Waals surface area contributed by atoms with Crippen molar-refractivity contribution in [1.82, 2.24) is 5.32 Å². The van der Waals surface area contributed by atoms with Crippen LogP contribution < -0.4 is 15.0 Å². The maximum atomic E-state index is 12.9. The maximum Gasteiger partial charge on any atom is 0.338 e. The van der Waals surface area contributed by atoms with Crippen molar-refractivity contribution in [2.24, 2.45) is 0 Å². The van der Waals surface area contributed by atoms with Gasteiger partial charge < -0.3 is 14.8 Å². The molecule has 3 rings (SSSR count). The largest absolute Gasteiger partial charge is 0.479 e. The number of aryl methyl sites for hydroxylation is 1. The van der Waals surface area contributed by atoms with Crippen LogP contribution in [0.4, 0.5) is 5.69 Å². The van der Waals surface area contributed by atoms with Crippen LogP contribution in [0.25, 0.3) is 0 Å². The molecule has 0 bridgehead atoms. The average molecular weight is 422 g/mol. The summed E-state index contributed by atoms with van der Waals surface area (Å²) < 4.78 is 10.7. The first-order valence-corrected chi connectivity index (χ1v) is 10.0. The highest BCUT2D eigenvalue weighted by atomic mass is 32.1. The molecular weight excluding hydrogens is 398 g/mol. The van der Waals surface area contributed by atoms with Crippen LogP contribution in [0.15, 0.2) is 59.8 Å². The molecule has 0 spiro atoms. The van der Waals surface area contributed by atoms with Crippen LogP contribution in [0.1, 0.15) is 31.0 Å². The van der Waals surface area contributed by atoms with Gasteiger partial charge in [-0.25, -0.2) is 4.79 Å². The zero-order valence-electron chi connectivity index (χ0n) is 17.1. The van der Waals surface area contributed by atoms with Gasteiger partial charge in [-0.1, -0.05) is 29.8 Å². The van der Waals surface area contributed by atoms with E-state index in [1.54, 1.807) is 19.1 Å². The molecule has 0 aromatic heterocycles. The van der Waals surface area contributed by atoms with E-state index in [9.17, 15) is 4.79 Å². The predicted octanol–water partition coefficient (Wildman–Crippen LogP) is 4.17. The lowest BCUT2D eigenvalue weighted by Crippen LogP contribution is -2.48. The normalized spacial score (nSPS) is 16.0. The van der Waals surface area contributed by atoms with Gasteiger partial charge >= 0.3 is 5.97 Å². The van der Waals surface area contributed by atoms with Gasteiger partial charge in [-0.3, -0.25) is 4.90 Å². The van der Waals surface area contributed by atoms with Crippen LogP contribution in [0.5, 0.6) is 5.75 Å². The molecule has 0 fully saturated rings. The predicted molar refractivity (Wildman–Crippen MR) is 119 cm³/mol. The van der Waals surface area contributed by atoms with E-state index in [1.165, 1.54) is 0 Å². The Morgan fingerprint density at radius 1 is 1.17 bits per heavy atom. The summed E-state index contributed by atoms with van der Waals surface area (Å²) in [5, 5.41) is 12.4. The second kappa shape index (κ2) is 9.42. The monoisotopic (exact) mass is 421 g/mol. The molecule has 154 valence electrons. The number of thiocarbonyl (C=S) groups is 1. The molecule has 7 heteroatoms. The number of esters is 1. The number of hydrogen-bond donors (Lipinski definition) is 1. The van der Waals surface area contributed by atoms with Gasteiger partial charge in [0.2, 0.25) is 0 Å². The Morgan fingerprint density at radius 2 is 1.83 bits per heavy atom. The fourth-order valence-corrected chi connectivity index (χ4v) is 3.70. The van der Waals surface area contributed by atoms with E-state index in [0.717, 1.165) is 22.5 Å². The van der Waals surface area contributed by atoms with Gasteiger partial charge in [0, 0.05) is 11.4 Å². The van der Waals surface area contributed by atoms with Crippen molar-refractivity contribution in [3.8, 4) is 11.8 Å². The van der Waals surface area contributed by atoms with E-state index in [2.05, 4.69) is 5.32 Å². The average Bonchev–Trinajstić information content (AvgIpc) is 2.73. The number of carbonyl (C=O) groups excluding carboxylic acids is 1. The van der Waals surface area contributed by atoms with Crippen LogP contribution in [-0.2, 0) is 9.53 Å². The molecular formula is C23H23N3O3S. The summed E-state index contributed by atoms with van der Waals surface area (Å²) in [6.07, 6.45) is 0. The summed E-state index contributed by atoms with van der Waals surface area (Å²) in [6, 6.07) is 16.7. The summed E-state index contributed by atoms with van der Waals surface area (Å²) in [7, 11) is 0. The Hall–Kier alpha value is -3.37. The zero-order chi connectivity index (χ0) is 21.7. The van der Waals surface area contributed by atoms with Crippen molar-refractivity contribution in [2.45, 2.75) is 26.8 Å². The molecule has 30 heavy (non-hydrogen) atoms. The molecule has 0 aliphatic carbocycles. The second-order valence-corrected chi connectivity index (χ2v) is 7.18. The zero-order valence-corrected chi connectivity index (χ0v) is 18.0. The molecule has 2 aromatic carbocycles. The Labute approximate surface area is 181 Å². The third-order valence-electron chi connectivity index (χ3n) is 4.79. The number of nitrogens with zero attached hydrogens (tertiary/aromatic N) is 2. The number of rotatable bonds is 6. The molecule has 0 saturated carbocycles. The fraction of sp³-hybridized carbons (Fsp3) is 0.261. The van der Waals surface area contributed by atoms with Crippen molar-refractivity contribution < 1.29 is 14.3 Å². The van der Waals surface area contributed by atoms with Gasteiger partial charge in [-0.2, -0.15) is 5.26 Å². The van der Waals surface area contributed by atoms with Gasteiger partial charge in [0.25, 0.3) is 0 Å². The fourth-order valence-electron chi connectivity index (χ4n) is 3.34. The van der Waals surface area contributed by atoms with E-state index >= 15 is 0 Å². The van der Waals surface area contributed by atoms with Gasteiger partial charge in [-0.15, -0.1) is 0 Å². The SMILES string of the molecule is CCOC(=O)C1=C(C)N(c2ccc(C)cc2)C(=S)N[C@H]1c1ccc(OCC#N)cc1. The molecule has 1 aliphatic heterocycles. The molecule has 1 aliphatic rings. The molecule has 1 N–H and O–H groups in total. The lowest BCUT2D eigenvalue weighted by molar-refractivity contribution is -0.139. The topological polar surface area (TPSA) is 74.6 Å². The van der Waals surface area contributed by atoms with E-state index in [0.29, 0.717) is 16.4 Å². The van der Waals surface area contributed by atoms with Gasteiger partial charge in [0.05, 0.1) is 18.2 Å². The third-order valence-corrected chi connectivity index (χ3v) is 5.09. The summed E-state index contributed by atoms with van der Waals surface area (Å²) in [5.41, 5.74) is 4.06. The molecule has 0 unspecified atom stereocenters. The van der Waals surface area contributed by atoms with Crippen LogP contribution in [0.2, 0.25) is 0 Å². The summed E-state index contributed by atoms with van der Waals surface area (Å²) in [6.45, 7) is 5.92. The highest BCUT2D eigenvalue weighted by Crippen LogP contribution is 2.34. The molecule has 0 radical (unpaired) electrons. The second-order valence-electron chi connectivity index (χ2n) is 6.79. The van der Waals surface area contributed by atoms with E-state index in [4.69, 9.17) is 27.0 Å². The summed E-state index contributed by atoms with van der Waals surface area (Å²) >= 11 is 5.65. The van der Waals surface area contributed by atoms with Crippen molar-refractivity contribution in [2.75, 3.05) is 18.1 Å². The molecule has 2 aromatic rings. The molecule has 6 nitrogen and oxygen atoms in total. The molecule has 0 saturated heterocycles. The minimum absolute atomic E-state index is 0.0241. The Kier molecular flexibility index (Phi) is 6.70. The first kappa shape index (κ1) is 21.3. The lowest BCUT2D eigenvalue weighted by Gasteiger charge is -2.37. The smallest absolute Gasteiger partial charge is 0.338 e. The first-order chi connectivity index (χ1) is 14.5. The Morgan fingerprint density at radius 3 is 2.43 bits per heavy atom. The molecule has 0 amide bonds. The number of nitriles is 1. The van der Waals surface area contributed by atoms with Crippen LogP contribution in [-0.4, -0.2) is 24.3 Å². The Bertz CT molecular complexity index is 1010. The molecule has 1 atom stereocenters. The van der Waals surface area contributed by atoms with Crippen molar-refractivity contribution in [1.29, 1.82) is 5.26 Å². The number of nitrogens with one attached hydrogen (secondary N) is 1.